The molecule has 3 heterocycles. The minimum Gasteiger partial charge on any atom is -0.508 e. The third kappa shape index (κ3) is 6.62. The monoisotopic (exact) mass is 780 g/mol. The van der Waals surface area contributed by atoms with Crippen molar-refractivity contribution < 1.29 is 39.1 Å². The maximum atomic E-state index is 12.4. The van der Waals surface area contributed by atoms with Gasteiger partial charge in [-0.25, -0.2) is 0 Å². The molecule has 1 saturated carbocycles. The molecule has 0 amide bonds. The smallest absolute Gasteiger partial charge is 0.302 e. The molecule has 6 unspecified atom stereocenters. The molecule has 0 radical (unpaired) electrons. The molecule has 0 aromatic heterocycles. The van der Waals surface area contributed by atoms with Crippen LogP contribution in [0.15, 0.2) is 90.2 Å². The van der Waals surface area contributed by atoms with E-state index in [4.69, 9.17) is 24.7 Å². The van der Waals surface area contributed by atoms with Crippen LogP contribution in [0.1, 0.15) is 78.0 Å². The number of esters is 1. The molecule has 4 bridgehead atoms. The molecule has 9 rings (SSSR count). The van der Waals surface area contributed by atoms with E-state index >= 15 is 0 Å². The van der Waals surface area contributed by atoms with Gasteiger partial charge in [-0.3, -0.25) is 4.79 Å². The Hall–Kier alpha value is -5.89. The van der Waals surface area contributed by atoms with Crippen molar-refractivity contribution in [2.24, 2.45) is 17.6 Å². The number of methoxy groups -OCH3 is 1. The maximum absolute atomic E-state index is 12.4. The topological polar surface area (TPSA) is 153 Å². The highest BCUT2D eigenvalue weighted by Gasteiger charge is 2.52. The molecular weight excluding hydrogens is 733 g/mol. The van der Waals surface area contributed by atoms with Crippen LogP contribution in [-0.4, -0.2) is 48.0 Å². The number of carbonyl (C=O) groups excluding carboxylic acids is 1. The van der Waals surface area contributed by atoms with Crippen LogP contribution in [0.2, 0.25) is 0 Å². The Morgan fingerprint density at radius 1 is 1.03 bits per heavy atom. The first-order valence-electron chi connectivity index (χ1n) is 20.1. The lowest BCUT2D eigenvalue weighted by Crippen LogP contribution is -2.38. The minimum atomic E-state index is -0.613. The first-order chi connectivity index (χ1) is 28.2. The van der Waals surface area contributed by atoms with Crippen molar-refractivity contribution in [1.82, 2.24) is 5.32 Å². The summed E-state index contributed by atoms with van der Waals surface area (Å²) in [6, 6.07) is 21.6. The molecule has 1 spiro atoms. The summed E-state index contributed by atoms with van der Waals surface area (Å²) in [5.41, 5.74) is 15.5. The largest absolute Gasteiger partial charge is 0.508 e. The van der Waals surface area contributed by atoms with E-state index in [2.05, 4.69) is 59.6 Å². The Balaban J connectivity index is 1.29. The van der Waals surface area contributed by atoms with Gasteiger partial charge in [0.1, 0.15) is 30.0 Å². The molecule has 10 heteroatoms. The lowest BCUT2D eigenvalue weighted by Gasteiger charge is -2.40. The number of aromatic hydroxyl groups is 2. The van der Waals surface area contributed by atoms with Crippen LogP contribution in [0, 0.1) is 23.7 Å². The van der Waals surface area contributed by atoms with Crippen molar-refractivity contribution >= 4 is 5.97 Å². The molecular formula is C48H48N2O8. The van der Waals surface area contributed by atoms with E-state index in [1.807, 2.05) is 24.3 Å². The summed E-state index contributed by atoms with van der Waals surface area (Å²) >= 11 is 0. The number of aliphatic hydroxyl groups excluding tert-OH is 1. The van der Waals surface area contributed by atoms with E-state index in [0.29, 0.717) is 24.3 Å². The van der Waals surface area contributed by atoms with Crippen LogP contribution in [0.3, 0.4) is 0 Å². The van der Waals surface area contributed by atoms with E-state index in [1.165, 1.54) is 19.6 Å². The molecule has 6 atom stereocenters. The number of nitrogens with one attached hydrogen (secondary N) is 1. The highest BCUT2D eigenvalue weighted by Crippen LogP contribution is 2.63. The zero-order valence-electron chi connectivity index (χ0n) is 32.7. The van der Waals surface area contributed by atoms with Gasteiger partial charge in [0.05, 0.1) is 24.9 Å². The molecule has 0 saturated heterocycles. The number of rotatable bonds is 8. The first-order valence-corrected chi connectivity index (χ1v) is 20.1. The van der Waals surface area contributed by atoms with Gasteiger partial charge in [0.2, 0.25) is 0 Å². The van der Waals surface area contributed by atoms with E-state index < -0.39 is 36.4 Å². The second-order valence-electron chi connectivity index (χ2n) is 16.3. The van der Waals surface area contributed by atoms with Crippen molar-refractivity contribution in [3.05, 3.63) is 124 Å². The van der Waals surface area contributed by atoms with Crippen molar-refractivity contribution in [2.45, 2.75) is 75.5 Å². The van der Waals surface area contributed by atoms with Gasteiger partial charge in [-0.2, -0.15) is 0 Å². The Kier molecular flexibility index (Phi) is 9.83. The second-order valence-corrected chi connectivity index (χ2v) is 16.3. The summed E-state index contributed by atoms with van der Waals surface area (Å²) in [7, 11) is 1.51. The minimum absolute atomic E-state index is 0.0143. The fraction of sp³-hybridized carbons (Fsp3) is 0.354. The number of ether oxygens (including phenoxy) is 4. The third-order valence-corrected chi connectivity index (χ3v) is 12.9. The van der Waals surface area contributed by atoms with E-state index in [9.17, 15) is 20.1 Å². The number of nitrogens with two attached hydrogens (primary N) is 1. The third-order valence-electron chi connectivity index (χ3n) is 12.9. The van der Waals surface area contributed by atoms with E-state index in [-0.39, 0.29) is 29.9 Å². The summed E-state index contributed by atoms with van der Waals surface area (Å²) in [6.07, 6.45) is 8.52. The highest BCUT2D eigenvalue weighted by atomic mass is 16.6. The zero-order valence-corrected chi connectivity index (χ0v) is 32.7. The molecule has 5 aliphatic rings. The van der Waals surface area contributed by atoms with Crippen LogP contribution in [0.5, 0.6) is 28.7 Å². The lowest BCUT2D eigenvalue weighted by molar-refractivity contribution is -0.141. The Labute approximate surface area is 338 Å². The standard InChI is InChI=1S/C48H48N2O8/c1-27(52)56-25-38-35-13-14-36-44-31(19-32(53)21-42(44)57-26-51)24-48-18-17-30(23-48)33(12-11-28-7-4-3-5-8-28)34-15-16-43(49)50-39(34)10-6-9-29-20-40(54)41(55-2)22-37(29)46(38)58-47(35)45(36)48/h3-5,7-8,13-16,19-22,30,33,38,43,46,50-51,53-54H,9,11-12,17-18,23-26,49H2,1-2H3. The number of dihydropyridines is 1. The number of phenolic OH excluding ortho intramolecular Hbond substituents is 2. The summed E-state index contributed by atoms with van der Waals surface area (Å²) in [5.74, 6) is 8.01. The fourth-order valence-corrected chi connectivity index (χ4v) is 10.5. The van der Waals surface area contributed by atoms with Crippen molar-refractivity contribution in [1.29, 1.82) is 0 Å². The molecule has 3 aliphatic heterocycles. The molecule has 4 aromatic rings. The predicted molar refractivity (Wildman–Crippen MR) is 218 cm³/mol. The van der Waals surface area contributed by atoms with Crippen molar-refractivity contribution in [3.63, 3.8) is 0 Å². The maximum Gasteiger partial charge on any atom is 0.302 e. The number of aliphatic hydroxyl groups is 1. The average molecular weight is 781 g/mol. The van der Waals surface area contributed by atoms with Gasteiger partial charge in [0, 0.05) is 47.1 Å². The molecule has 58 heavy (non-hydrogen) atoms. The summed E-state index contributed by atoms with van der Waals surface area (Å²) in [5, 5.41) is 35.6. The van der Waals surface area contributed by atoms with Gasteiger partial charge < -0.3 is 45.3 Å². The molecule has 6 N–H and O–H groups in total. The van der Waals surface area contributed by atoms with Crippen LogP contribution in [0.25, 0.3) is 11.1 Å². The van der Waals surface area contributed by atoms with Crippen LogP contribution in [-0.2, 0) is 34.2 Å². The number of hydrogen-bond acceptors (Lipinski definition) is 10. The first kappa shape index (κ1) is 37.7. The van der Waals surface area contributed by atoms with Crippen LogP contribution < -0.4 is 25.3 Å². The van der Waals surface area contributed by atoms with E-state index in [1.54, 1.807) is 12.1 Å². The van der Waals surface area contributed by atoms with Crippen LogP contribution in [0.4, 0.5) is 0 Å². The normalized spacial score (nSPS) is 24.7. The second kappa shape index (κ2) is 15.1. The number of hydrogen-bond donors (Lipinski definition) is 5. The highest BCUT2D eigenvalue weighted by molar-refractivity contribution is 5.84. The predicted octanol–water partition coefficient (Wildman–Crippen LogP) is 6.98. The quantitative estimate of drug-likeness (QED) is 0.0720. The lowest BCUT2D eigenvalue weighted by atomic mass is 9.64. The van der Waals surface area contributed by atoms with Gasteiger partial charge in [0.15, 0.2) is 18.3 Å². The zero-order chi connectivity index (χ0) is 40.1. The summed E-state index contributed by atoms with van der Waals surface area (Å²) < 4.78 is 24.5. The van der Waals surface area contributed by atoms with Crippen molar-refractivity contribution in [3.8, 4) is 51.7 Å². The van der Waals surface area contributed by atoms with Crippen LogP contribution >= 0.6 is 0 Å². The molecule has 2 aliphatic carbocycles. The molecule has 10 nitrogen and oxygen atoms in total. The van der Waals surface area contributed by atoms with Crippen molar-refractivity contribution in [2.75, 3.05) is 20.5 Å². The molecule has 4 aromatic carbocycles. The Morgan fingerprint density at radius 3 is 2.67 bits per heavy atom. The van der Waals surface area contributed by atoms with Gasteiger partial charge in [0.25, 0.3) is 0 Å². The average Bonchev–Trinajstić information content (AvgIpc) is 3.79. The summed E-state index contributed by atoms with van der Waals surface area (Å²) in [4.78, 5) is 12.4. The number of aryl methyl sites for hydroxylation is 1. The summed E-state index contributed by atoms with van der Waals surface area (Å²) in [6.45, 7) is 0.929. The molecule has 298 valence electrons. The van der Waals surface area contributed by atoms with Gasteiger partial charge >= 0.3 is 5.97 Å². The number of phenols is 2. The van der Waals surface area contributed by atoms with Gasteiger partial charge in [-0.05, 0) is 108 Å². The number of carbonyl (C=O) groups is 1. The number of benzene rings is 4. The van der Waals surface area contributed by atoms with Gasteiger partial charge in [-0.1, -0.05) is 54.5 Å². The van der Waals surface area contributed by atoms with Gasteiger partial charge in [-0.15, -0.1) is 0 Å². The fourth-order valence-electron chi connectivity index (χ4n) is 10.5. The SMILES string of the molecule is COc1cc2c(cc1O)CC#CC1=C(C=CC(N)N1)C(CCc1ccccc1)C1CCC3(Cc4cc(O)cc(OCO)c4-c4ccc5c(c43)OC2C5COC(C)=O)C1. The number of fused-ring (bicyclic) bond motifs is 6. The Morgan fingerprint density at radius 2 is 1.88 bits per heavy atom. The Bertz CT molecular complexity index is 2410. The number of allylic oxidation sites excluding steroid dienone is 3. The van der Waals surface area contributed by atoms with E-state index in [0.717, 1.165) is 88.1 Å². The molecule has 1 fully saturated rings.